The van der Waals surface area contributed by atoms with Gasteiger partial charge in [-0.1, -0.05) is 0 Å². The van der Waals surface area contributed by atoms with E-state index in [1.807, 2.05) is 11.5 Å². The summed E-state index contributed by atoms with van der Waals surface area (Å²) in [6, 6.07) is 5.09. The molecule has 1 aromatic carbocycles. The number of benzene rings is 1. The Morgan fingerprint density at radius 1 is 1.29 bits per heavy atom. The highest BCUT2D eigenvalue weighted by Crippen LogP contribution is 2.27. The van der Waals surface area contributed by atoms with Crippen molar-refractivity contribution < 1.29 is 10.3 Å². The van der Waals surface area contributed by atoms with Crippen molar-refractivity contribution in [2.75, 3.05) is 23.5 Å². The molecule has 0 aliphatic carbocycles. The van der Waals surface area contributed by atoms with Crippen LogP contribution in [0.3, 0.4) is 0 Å². The Hall–Kier alpha value is -1.42. The molecule has 1 rings (SSSR count). The van der Waals surface area contributed by atoms with Crippen molar-refractivity contribution in [3.63, 3.8) is 0 Å². The zero-order valence-corrected chi connectivity index (χ0v) is 8.49. The fraction of sp³-hybridized carbons (Fsp3) is 0.400. The number of rotatable bonds is 4. The lowest BCUT2D eigenvalue weighted by molar-refractivity contribution is 0.381. The largest absolute Gasteiger partial charge is 0.506 e. The van der Waals surface area contributed by atoms with Gasteiger partial charge in [0.15, 0.2) is 0 Å². The molecule has 0 atom stereocenters. The summed E-state index contributed by atoms with van der Waals surface area (Å²) in [4.78, 5) is 2.13. The van der Waals surface area contributed by atoms with Crippen LogP contribution in [0.2, 0.25) is 0 Å². The lowest BCUT2D eigenvalue weighted by Gasteiger charge is -2.21. The van der Waals surface area contributed by atoms with Crippen molar-refractivity contribution in [3.8, 4) is 5.75 Å². The van der Waals surface area contributed by atoms with Crippen LogP contribution in [-0.2, 0) is 0 Å². The number of aromatic hydroxyl groups is 1. The highest BCUT2D eigenvalue weighted by atomic mass is 16.5. The molecule has 4 heteroatoms. The topological polar surface area (TPSA) is 55.7 Å². The monoisotopic (exact) mass is 196 g/mol. The molecule has 0 saturated carbocycles. The van der Waals surface area contributed by atoms with E-state index in [2.05, 4.69) is 18.7 Å². The van der Waals surface area contributed by atoms with Crippen molar-refractivity contribution in [1.82, 2.24) is 0 Å². The zero-order valence-electron chi connectivity index (χ0n) is 8.49. The van der Waals surface area contributed by atoms with Gasteiger partial charge in [0.1, 0.15) is 11.4 Å². The molecule has 0 saturated heterocycles. The second-order valence-corrected chi connectivity index (χ2v) is 2.99. The van der Waals surface area contributed by atoms with Crippen LogP contribution in [0.5, 0.6) is 5.75 Å². The standard InChI is InChI=1S/C10H16N2O2/c1-3-12(4-2)8-5-6-10(13)9(7-8)11-14/h5-7,11,13-14H,3-4H2,1-2H3. The van der Waals surface area contributed by atoms with Crippen molar-refractivity contribution in [3.05, 3.63) is 18.2 Å². The van der Waals surface area contributed by atoms with Gasteiger partial charge in [0.05, 0.1) is 0 Å². The number of phenolic OH excluding ortho intramolecular Hbond substituents is 1. The summed E-state index contributed by atoms with van der Waals surface area (Å²) in [5, 5.41) is 18.1. The molecule has 4 nitrogen and oxygen atoms in total. The maximum atomic E-state index is 9.32. The lowest BCUT2D eigenvalue weighted by Crippen LogP contribution is -2.21. The Bertz CT molecular complexity index is 298. The fourth-order valence-corrected chi connectivity index (χ4v) is 1.40. The summed E-state index contributed by atoms with van der Waals surface area (Å²) in [6.07, 6.45) is 0. The van der Waals surface area contributed by atoms with Gasteiger partial charge in [-0.2, -0.15) is 0 Å². The Labute approximate surface area is 83.7 Å². The molecule has 0 spiro atoms. The first kappa shape index (κ1) is 10.7. The van der Waals surface area contributed by atoms with Gasteiger partial charge in [-0.3, -0.25) is 10.7 Å². The number of anilines is 2. The van der Waals surface area contributed by atoms with E-state index in [1.54, 1.807) is 12.1 Å². The van der Waals surface area contributed by atoms with Gasteiger partial charge < -0.3 is 10.0 Å². The van der Waals surface area contributed by atoms with E-state index >= 15 is 0 Å². The van der Waals surface area contributed by atoms with E-state index in [9.17, 15) is 5.11 Å². The first-order valence-electron chi connectivity index (χ1n) is 4.71. The van der Waals surface area contributed by atoms with Crippen molar-refractivity contribution in [1.29, 1.82) is 0 Å². The molecule has 78 valence electrons. The van der Waals surface area contributed by atoms with Gasteiger partial charge in [0.25, 0.3) is 0 Å². The summed E-state index contributed by atoms with van der Waals surface area (Å²) in [7, 11) is 0. The summed E-state index contributed by atoms with van der Waals surface area (Å²) >= 11 is 0. The predicted molar refractivity (Wildman–Crippen MR) is 57.1 cm³/mol. The average Bonchev–Trinajstić information content (AvgIpc) is 2.22. The predicted octanol–water partition coefficient (Wildman–Crippen LogP) is 2.04. The Kier molecular flexibility index (Phi) is 3.59. The quantitative estimate of drug-likeness (QED) is 0.509. The fourth-order valence-electron chi connectivity index (χ4n) is 1.40. The van der Waals surface area contributed by atoms with E-state index in [1.165, 1.54) is 0 Å². The van der Waals surface area contributed by atoms with Gasteiger partial charge in [-0.15, -0.1) is 0 Å². The zero-order chi connectivity index (χ0) is 10.6. The summed E-state index contributed by atoms with van der Waals surface area (Å²) in [6.45, 7) is 5.91. The Morgan fingerprint density at radius 2 is 1.93 bits per heavy atom. The molecule has 0 heterocycles. The van der Waals surface area contributed by atoms with Crippen LogP contribution in [0, 0.1) is 0 Å². The molecule has 0 fully saturated rings. The van der Waals surface area contributed by atoms with E-state index in [0.29, 0.717) is 5.69 Å². The average molecular weight is 196 g/mol. The van der Waals surface area contributed by atoms with Crippen LogP contribution in [0.15, 0.2) is 18.2 Å². The maximum absolute atomic E-state index is 9.32. The third-order valence-corrected chi connectivity index (χ3v) is 2.23. The Balaban J connectivity index is 2.98. The third kappa shape index (κ3) is 2.09. The van der Waals surface area contributed by atoms with Crippen LogP contribution in [-0.4, -0.2) is 23.4 Å². The minimum absolute atomic E-state index is 0.0448. The van der Waals surface area contributed by atoms with E-state index < -0.39 is 0 Å². The van der Waals surface area contributed by atoms with E-state index in [4.69, 9.17) is 5.21 Å². The second kappa shape index (κ2) is 4.72. The highest BCUT2D eigenvalue weighted by molar-refractivity contribution is 5.64. The van der Waals surface area contributed by atoms with Crippen LogP contribution >= 0.6 is 0 Å². The smallest absolute Gasteiger partial charge is 0.141 e. The molecule has 0 bridgehead atoms. The number of nitrogens with zero attached hydrogens (tertiary/aromatic N) is 1. The third-order valence-electron chi connectivity index (χ3n) is 2.23. The van der Waals surface area contributed by atoms with Crippen LogP contribution in [0.25, 0.3) is 0 Å². The number of phenols is 1. The van der Waals surface area contributed by atoms with Gasteiger partial charge in [0, 0.05) is 18.8 Å². The van der Waals surface area contributed by atoms with Crippen molar-refractivity contribution in [2.24, 2.45) is 0 Å². The van der Waals surface area contributed by atoms with Crippen LogP contribution in [0.4, 0.5) is 11.4 Å². The van der Waals surface area contributed by atoms with Crippen LogP contribution < -0.4 is 10.4 Å². The molecule has 14 heavy (non-hydrogen) atoms. The maximum Gasteiger partial charge on any atom is 0.141 e. The normalized spacial score (nSPS) is 9.93. The molecule has 1 aromatic rings. The number of nitrogens with one attached hydrogen (secondary N) is 1. The molecule has 0 unspecified atom stereocenters. The summed E-state index contributed by atoms with van der Waals surface area (Å²) < 4.78 is 0. The van der Waals surface area contributed by atoms with Gasteiger partial charge in [-0.25, -0.2) is 0 Å². The van der Waals surface area contributed by atoms with Gasteiger partial charge in [-0.05, 0) is 32.0 Å². The van der Waals surface area contributed by atoms with E-state index in [0.717, 1.165) is 18.8 Å². The SMILES string of the molecule is CCN(CC)c1ccc(O)c(NO)c1. The molecule has 0 aliphatic rings. The molecular formula is C10H16N2O2. The molecule has 3 N–H and O–H groups in total. The number of hydrogen-bond acceptors (Lipinski definition) is 4. The van der Waals surface area contributed by atoms with Gasteiger partial charge >= 0.3 is 0 Å². The number of hydrogen-bond donors (Lipinski definition) is 3. The minimum atomic E-state index is 0.0448. The first-order valence-corrected chi connectivity index (χ1v) is 4.71. The molecule has 0 amide bonds. The first-order chi connectivity index (χ1) is 6.72. The summed E-state index contributed by atoms with van der Waals surface area (Å²) in [5.41, 5.74) is 3.27. The Morgan fingerprint density at radius 3 is 2.43 bits per heavy atom. The molecular weight excluding hydrogens is 180 g/mol. The van der Waals surface area contributed by atoms with E-state index in [-0.39, 0.29) is 5.75 Å². The minimum Gasteiger partial charge on any atom is -0.506 e. The summed E-state index contributed by atoms with van der Waals surface area (Å²) in [5.74, 6) is 0.0448. The second-order valence-electron chi connectivity index (χ2n) is 2.99. The highest BCUT2D eigenvalue weighted by Gasteiger charge is 2.05. The van der Waals surface area contributed by atoms with Crippen LogP contribution in [0.1, 0.15) is 13.8 Å². The molecule has 0 aliphatic heterocycles. The van der Waals surface area contributed by atoms with Crippen molar-refractivity contribution in [2.45, 2.75) is 13.8 Å². The lowest BCUT2D eigenvalue weighted by atomic mass is 10.2. The van der Waals surface area contributed by atoms with Gasteiger partial charge in [0.2, 0.25) is 0 Å². The molecule has 0 radical (unpaired) electrons. The van der Waals surface area contributed by atoms with Crippen molar-refractivity contribution >= 4 is 11.4 Å². The molecule has 0 aromatic heterocycles.